The summed E-state index contributed by atoms with van der Waals surface area (Å²) in [5.74, 6) is -0.972. The molecule has 0 radical (unpaired) electrons. The zero-order valence-electron chi connectivity index (χ0n) is 7.65. The molecule has 13 heavy (non-hydrogen) atoms. The molecule has 1 aliphatic rings. The van der Waals surface area contributed by atoms with E-state index in [1.54, 1.807) is 20.3 Å². The molecule has 5 heteroatoms. The second-order valence-corrected chi connectivity index (χ2v) is 2.76. The summed E-state index contributed by atoms with van der Waals surface area (Å²) in [6, 6.07) is -0.641. The number of carbonyl (C=O) groups excluding carboxylic acids is 2. The Hall–Kier alpha value is -0.940. The lowest BCUT2D eigenvalue weighted by Crippen LogP contribution is -2.38. The quantitative estimate of drug-likeness (QED) is 0.440. The highest BCUT2D eigenvalue weighted by Gasteiger charge is 2.34. The van der Waals surface area contributed by atoms with Crippen molar-refractivity contribution in [2.45, 2.75) is 13.0 Å². The Kier molecular flexibility index (Phi) is 3.39. The summed E-state index contributed by atoms with van der Waals surface area (Å²) in [4.78, 5) is 26.7. The number of likely N-dealkylation sites (N-methyl/N-ethyl adjacent to an activating group) is 1. The van der Waals surface area contributed by atoms with Gasteiger partial charge in [-0.2, -0.15) is 5.06 Å². The van der Waals surface area contributed by atoms with Gasteiger partial charge in [-0.1, -0.05) is 5.92 Å². The maximum atomic E-state index is 11.3. The number of hydrogen-bond donors (Lipinski definition) is 0. The third kappa shape index (κ3) is 2.05. The van der Waals surface area contributed by atoms with Crippen LogP contribution in [0.1, 0.15) is 6.92 Å². The highest BCUT2D eigenvalue weighted by Crippen LogP contribution is 2.18. The molecule has 0 saturated carbocycles. The predicted molar refractivity (Wildman–Crippen MR) is 43.3 cm³/mol. The van der Waals surface area contributed by atoms with Crippen LogP contribution in [-0.2, 0) is 19.2 Å². The van der Waals surface area contributed by atoms with E-state index in [0.717, 1.165) is 0 Å². The summed E-state index contributed by atoms with van der Waals surface area (Å²) < 4.78 is 4.79. The van der Waals surface area contributed by atoms with E-state index in [2.05, 4.69) is 0 Å². The first-order valence-corrected chi connectivity index (χ1v) is 4.10. The molecule has 74 valence electrons. The maximum Gasteiger partial charge on any atom is 0.323 e. The van der Waals surface area contributed by atoms with Gasteiger partial charge in [0.05, 0.1) is 6.61 Å². The Morgan fingerprint density at radius 2 is 2.46 bits per heavy atom. The molecule has 1 fully saturated rings. The fraction of sp³-hybridized carbons (Fsp3) is 0.750. The Labute approximate surface area is 76.6 Å². The van der Waals surface area contributed by atoms with Gasteiger partial charge in [-0.05, 0) is 6.92 Å². The van der Waals surface area contributed by atoms with Crippen LogP contribution in [0.5, 0.6) is 0 Å². The molecule has 0 aliphatic carbocycles. The van der Waals surface area contributed by atoms with Crippen molar-refractivity contribution in [2.24, 2.45) is 5.92 Å². The lowest BCUT2D eigenvalue weighted by Gasteiger charge is -2.21. The van der Waals surface area contributed by atoms with Crippen molar-refractivity contribution in [1.29, 1.82) is 0 Å². The number of carbonyl (C=O) groups is 1. The summed E-state index contributed by atoms with van der Waals surface area (Å²) in [5, 5.41) is 1.34. The topological polar surface area (TPSA) is 55.8 Å². The summed E-state index contributed by atoms with van der Waals surface area (Å²) in [5.41, 5.74) is 0. The molecule has 0 spiro atoms. The molecule has 0 aromatic heterocycles. The number of rotatable bonds is 3. The average molecular weight is 186 g/mol. The lowest BCUT2D eigenvalue weighted by atomic mass is 10.0. The van der Waals surface area contributed by atoms with Crippen LogP contribution >= 0.6 is 0 Å². The monoisotopic (exact) mass is 186 g/mol. The molecule has 1 saturated heterocycles. The first-order chi connectivity index (χ1) is 6.20. The Morgan fingerprint density at radius 3 is 3.00 bits per heavy atom. The van der Waals surface area contributed by atoms with E-state index in [-0.39, 0.29) is 6.61 Å². The van der Waals surface area contributed by atoms with Crippen molar-refractivity contribution in [3.05, 3.63) is 0 Å². The normalized spacial score (nSPS) is 28.8. The second-order valence-electron chi connectivity index (χ2n) is 2.76. The molecule has 1 aliphatic heterocycles. The van der Waals surface area contributed by atoms with E-state index in [9.17, 15) is 9.59 Å². The largest absolute Gasteiger partial charge is 0.541 e. The zero-order chi connectivity index (χ0) is 9.84. The van der Waals surface area contributed by atoms with Crippen molar-refractivity contribution in [1.82, 2.24) is 5.06 Å². The van der Waals surface area contributed by atoms with Gasteiger partial charge in [0, 0.05) is 13.7 Å². The van der Waals surface area contributed by atoms with Crippen molar-refractivity contribution >= 4 is 12.3 Å². The number of esters is 1. The molecule has 2 atom stereocenters. The molecule has 0 aromatic rings. The summed E-state index contributed by atoms with van der Waals surface area (Å²) in [6.07, 6.45) is 1.77. The molecule has 5 nitrogen and oxygen atoms in total. The molecular formula is C8H12NO4-. The average Bonchev–Trinajstić information content (AvgIpc) is 2.47. The van der Waals surface area contributed by atoms with Crippen LogP contribution in [0.15, 0.2) is 0 Å². The number of hydrogen-bond acceptors (Lipinski definition) is 5. The first-order valence-electron chi connectivity index (χ1n) is 4.10. The molecular weight excluding hydrogens is 174 g/mol. The van der Waals surface area contributed by atoms with Crippen LogP contribution < -0.4 is 0 Å². The van der Waals surface area contributed by atoms with Crippen molar-refractivity contribution in [2.75, 3.05) is 20.3 Å². The number of hydroxylamine groups is 2. The fourth-order valence-electron chi connectivity index (χ4n) is 1.26. The van der Waals surface area contributed by atoms with Gasteiger partial charge in [-0.15, -0.1) is 0 Å². The van der Waals surface area contributed by atoms with E-state index >= 15 is 0 Å². The maximum absolute atomic E-state index is 11.3. The van der Waals surface area contributed by atoms with Gasteiger partial charge in [-0.3, -0.25) is 11.1 Å². The van der Waals surface area contributed by atoms with Gasteiger partial charge in [0.2, 0.25) is 0 Å². The van der Waals surface area contributed by atoms with E-state index in [4.69, 9.17) is 9.57 Å². The third-order valence-corrected chi connectivity index (χ3v) is 1.91. The van der Waals surface area contributed by atoms with E-state index in [0.29, 0.717) is 6.61 Å². The summed E-state index contributed by atoms with van der Waals surface area (Å²) in [6.45, 7) is 2.21. The van der Waals surface area contributed by atoms with Gasteiger partial charge in [-0.25, -0.2) is 0 Å². The van der Waals surface area contributed by atoms with Gasteiger partial charge < -0.3 is 14.4 Å². The van der Waals surface area contributed by atoms with Crippen LogP contribution in [-0.4, -0.2) is 43.6 Å². The highest BCUT2D eigenvalue weighted by atomic mass is 16.7. The van der Waals surface area contributed by atoms with Crippen LogP contribution in [0.2, 0.25) is 0 Å². The summed E-state index contributed by atoms with van der Waals surface area (Å²) in [7, 11) is 1.60. The Morgan fingerprint density at radius 1 is 1.77 bits per heavy atom. The van der Waals surface area contributed by atoms with Gasteiger partial charge in [0.15, 0.2) is 0 Å². The Bertz CT molecular complexity index is 206. The van der Waals surface area contributed by atoms with E-state index in [1.165, 1.54) is 5.06 Å². The molecule has 0 bridgehead atoms. The van der Waals surface area contributed by atoms with Gasteiger partial charge in [0.25, 0.3) is 0 Å². The van der Waals surface area contributed by atoms with Crippen LogP contribution in [0.3, 0.4) is 0 Å². The Balaban J connectivity index is 2.63. The molecule has 0 N–H and O–H groups in total. The third-order valence-electron chi connectivity index (χ3n) is 1.91. The van der Waals surface area contributed by atoms with Crippen LogP contribution in [0.4, 0.5) is 0 Å². The van der Waals surface area contributed by atoms with Crippen LogP contribution in [0.25, 0.3) is 0 Å². The molecule has 0 amide bonds. The predicted octanol–water partition coefficient (Wildman–Crippen LogP) is -0.479. The van der Waals surface area contributed by atoms with Crippen molar-refractivity contribution in [3.8, 4) is 0 Å². The standard InChI is InChI=1S/C8H12NO4/c1-3-12-8(11)7-6(4-10)5-13-9(7)2/h6-7H,3,5H2,1-2H3/q-1/t6-,7-/m0/s1. The lowest BCUT2D eigenvalue weighted by molar-refractivity contribution is -0.164. The molecule has 1 heterocycles. The summed E-state index contributed by atoms with van der Waals surface area (Å²) >= 11 is 0. The number of ether oxygens (including phenoxy) is 1. The van der Waals surface area contributed by atoms with E-state index in [1.807, 2.05) is 0 Å². The number of nitrogens with zero attached hydrogens (tertiary/aromatic N) is 1. The zero-order valence-corrected chi connectivity index (χ0v) is 7.65. The van der Waals surface area contributed by atoms with E-state index < -0.39 is 17.9 Å². The second kappa shape index (κ2) is 4.34. The SMILES string of the molecule is CCOC(=O)[C@@H]1[C@@H]([C-]=O)CON1C. The minimum atomic E-state index is -0.641. The molecule has 0 unspecified atom stereocenters. The first kappa shape index (κ1) is 10.1. The fourth-order valence-corrected chi connectivity index (χ4v) is 1.26. The van der Waals surface area contributed by atoms with Crippen LogP contribution in [0, 0.1) is 5.92 Å². The highest BCUT2D eigenvalue weighted by molar-refractivity contribution is 5.80. The molecule has 1 rings (SSSR count). The minimum absolute atomic E-state index is 0.198. The van der Waals surface area contributed by atoms with Crippen molar-refractivity contribution in [3.63, 3.8) is 0 Å². The van der Waals surface area contributed by atoms with Crippen molar-refractivity contribution < 1.29 is 19.2 Å². The van der Waals surface area contributed by atoms with Gasteiger partial charge >= 0.3 is 5.97 Å². The van der Waals surface area contributed by atoms with Gasteiger partial charge in [0.1, 0.15) is 6.04 Å². The smallest absolute Gasteiger partial charge is 0.323 e. The minimum Gasteiger partial charge on any atom is -0.541 e. The molecule has 0 aromatic carbocycles.